The van der Waals surface area contributed by atoms with Crippen molar-refractivity contribution in [2.45, 2.75) is 32.8 Å². The van der Waals surface area contributed by atoms with Gasteiger partial charge in [0, 0.05) is 25.6 Å². The number of piperidine rings is 1. The lowest BCUT2D eigenvalue weighted by molar-refractivity contribution is -0.141. The molecule has 0 aliphatic carbocycles. The van der Waals surface area contributed by atoms with Crippen LogP contribution in [0.1, 0.15) is 26.7 Å². The van der Waals surface area contributed by atoms with Gasteiger partial charge in [-0.2, -0.15) is 0 Å². The molecule has 2 aliphatic rings. The number of amides is 1. The van der Waals surface area contributed by atoms with Crippen LogP contribution < -0.4 is 0 Å². The van der Waals surface area contributed by atoms with Crippen molar-refractivity contribution in [3.05, 3.63) is 0 Å². The summed E-state index contributed by atoms with van der Waals surface area (Å²) >= 11 is 0. The number of nitrogens with zero attached hydrogens (tertiary/aromatic N) is 2. The molecule has 0 bridgehead atoms. The number of hydrogen-bond acceptors (Lipinski definition) is 4. The molecule has 2 heterocycles. The van der Waals surface area contributed by atoms with Gasteiger partial charge in [-0.25, -0.2) is 0 Å². The second-order valence-corrected chi connectivity index (χ2v) is 5.97. The fraction of sp³-hybridized carbons (Fsp3) is 0.933. The molecule has 2 aliphatic heterocycles. The molecule has 0 atom stereocenters. The summed E-state index contributed by atoms with van der Waals surface area (Å²) in [5.41, 5.74) is 0. The van der Waals surface area contributed by atoms with E-state index in [1.807, 2.05) is 4.90 Å². The zero-order valence-corrected chi connectivity index (χ0v) is 12.8. The topological polar surface area (TPSA) is 42.0 Å². The Kier molecular flexibility index (Phi) is 6.26. The Morgan fingerprint density at radius 1 is 1.20 bits per heavy atom. The van der Waals surface area contributed by atoms with Crippen LogP contribution in [-0.2, 0) is 14.3 Å². The quantitative estimate of drug-likeness (QED) is 0.755. The Hall–Kier alpha value is -0.650. The number of morpholine rings is 1. The van der Waals surface area contributed by atoms with Crippen LogP contribution in [0.4, 0.5) is 0 Å². The van der Waals surface area contributed by atoms with Gasteiger partial charge in [-0.05, 0) is 39.8 Å². The highest BCUT2D eigenvalue weighted by atomic mass is 16.5. The summed E-state index contributed by atoms with van der Waals surface area (Å²) < 4.78 is 10.9. The second kappa shape index (κ2) is 7.96. The maximum Gasteiger partial charge on any atom is 0.225 e. The maximum absolute atomic E-state index is 12.4. The monoisotopic (exact) mass is 284 g/mol. The molecular formula is C15H28N2O3. The van der Waals surface area contributed by atoms with Crippen LogP contribution in [0, 0.1) is 5.92 Å². The number of carbonyl (C=O) groups excluding carboxylic acids is 1. The number of likely N-dealkylation sites (tertiary alicyclic amines) is 1. The average Bonchev–Trinajstić information content (AvgIpc) is 2.48. The molecule has 2 saturated heterocycles. The molecule has 116 valence electrons. The first-order chi connectivity index (χ1) is 9.66. The van der Waals surface area contributed by atoms with Crippen LogP contribution >= 0.6 is 0 Å². The van der Waals surface area contributed by atoms with Gasteiger partial charge in [0.15, 0.2) is 0 Å². The third-order valence-electron chi connectivity index (χ3n) is 4.12. The summed E-state index contributed by atoms with van der Waals surface area (Å²) in [5, 5.41) is 0. The minimum Gasteiger partial charge on any atom is -0.378 e. The van der Waals surface area contributed by atoms with Gasteiger partial charge >= 0.3 is 0 Å². The van der Waals surface area contributed by atoms with Gasteiger partial charge in [0.2, 0.25) is 5.91 Å². The molecule has 0 unspecified atom stereocenters. The van der Waals surface area contributed by atoms with Gasteiger partial charge in [0.05, 0.1) is 25.9 Å². The third kappa shape index (κ3) is 4.72. The number of carbonyl (C=O) groups is 1. The van der Waals surface area contributed by atoms with Crippen LogP contribution in [0.15, 0.2) is 0 Å². The third-order valence-corrected chi connectivity index (χ3v) is 4.12. The lowest BCUT2D eigenvalue weighted by Gasteiger charge is -2.35. The minimum atomic E-state index is 0.218. The van der Waals surface area contributed by atoms with Crippen LogP contribution in [0.25, 0.3) is 0 Å². The molecule has 0 aromatic heterocycles. The van der Waals surface area contributed by atoms with Crippen LogP contribution in [-0.4, -0.2) is 74.4 Å². The van der Waals surface area contributed by atoms with Crippen LogP contribution in [0.2, 0.25) is 0 Å². The molecule has 5 nitrogen and oxygen atoms in total. The van der Waals surface area contributed by atoms with Gasteiger partial charge < -0.3 is 19.3 Å². The van der Waals surface area contributed by atoms with E-state index in [0.717, 1.165) is 52.2 Å². The van der Waals surface area contributed by atoms with Gasteiger partial charge in [0.25, 0.3) is 0 Å². The zero-order chi connectivity index (χ0) is 14.4. The van der Waals surface area contributed by atoms with E-state index in [4.69, 9.17) is 9.47 Å². The van der Waals surface area contributed by atoms with Crippen LogP contribution in [0.5, 0.6) is 0 Å². The predicted molar refractivity (Wildman–Crippen MR) is 77.7 cm³/mol. The maximum atomic E-state index is 12.4. The van der Waals surface area contributed by atoms with E-state index < -0.39 is 0 Å². The standard InChI is InChI=1S/C15H28N2O3/c1-13(2)20-12-7-16-5-3-14(4-6-16)15(18)17-8-10-19-11-9-17/h13-14H,3-12H2,1-2H3. The molecule has 0 aromatic rings. The molecule has 1 amide bonds. The number of hydrogen-bond donors (Lipinski definition) is 0. The smallest absolute Gasteiger partial charge is 0.225 e. The van der Waals surface area contributed by atoms with E-state index in [1.165, 1.54) is 0 Å². The summed E-state index contributed by atoms with van der Waals surface area (Å²) in [7, 11) is 0. The average molecular weight is 284 g/mol. The summed E-state index contributed by atoms with van der Waals surface area (Å²) in [4.78, 5) is 16.8. The fourth-order valence-electron chi connectivity index (χ4n) is 2.86. The van der Waals surface area contributed by atoms with Gasteiger partial charge in [-0.3, -0.25) is 4.79 Å². The highest BCUT2D eigenvalue weighted by molar-refractivity contribution is 5.79. The first-order valence-electron chi connectivity index (χ1n) is 7.87. The zero-order valence-electron chi connectivity index (χ0n) is 12.8. The normalized spacial score (nSPS) is 22.4. The van der Waals surface area contributed by atoms with E-state index in [1.54, 1.807) is 0 Å². The molecular weight excluding hydrogens is 256 g/mol. The van der Waals surface area contributed by atoms with Crippen molar-refractivity contribution in [2.24, 2.45) is 5.92 Å². The Morgan fingerprint density at radius 3 is 2.45 bits per heavy atom. The summed E-state index contributed by atoms with van der Waals surface area (Å²) in [5.74, 6) is 0.557. The van der Waals surface area contributed by atoms with Gasteiger partial charge in [-0.15, -0.1) is 0 Å². The van der Waals surface area contributed by atoms with Gasteiger partial charge in [-0.1, -0.05) is 0 Å². The lowest BCUT2D eigenvalue weighted by Crippen LogP contribution is -2.47. The first-order valence-corrected chi connectivity index (χ1v) is 7.87. The molecule has 0 radical (unpaired) electrons. The molecule has 20 heavy (non-hydrogen) atoms. The highest BCUT2D eigenvalue weighted by Crippen LogP contribution is 2.20. The number of rotatable bonds is 5. The Bertz CT molecular complexity index is 295. The molecule has 0 aromatic carbocycles. The van der Waals surface area contributed by atoms with E-state index in [-0.39, 0.29) is 5.92 Å². The lowest BCUT2D eigenvalue weighted by atomic mass is 9.95. The van der Waals surface area contributed by atoms with E-state index in [2.05, 4.69) is 18.7 Å². The summed E-state index contributed by atoms with van der Waals surface area (Å²) in [6, 6.07) is 0. The summed E-state index contributed by atoms with van der Waals surface area (Å²) in [6.07, 6.45) is 2.27. The first kappa shape index (κ1) is 15.7. The molecule has 0 N–H and O–H groups in total. The summed E-state index contributed by atoms with van der Waals surface area (Å²) in [6.45, 7) is 10.8. The Morgan fingerprint density at radius 2 is 1.85 bits per heavy atom. The predicted octanol–water partition coefficient (Wildman–Crippen LogP) is 0.982. The van der Waals surface area contributed by atoms with Crippen molar-refractivity contribution in [2.75, 3.05) is 52.5 Å². The SMILES string of the molecule is CC(C)OCCN1CCC(C(=O)N2CCOCC2)CC1. The number of ether oxygens (including phenoxy) is 2. The molecule has 5 heteroatoms. The Labute approximate surface area is 122 Å². The van der Waals surface area contributed by atoms with Crippen molar-refractivity contribution < 1.29 is 14.3 Å². The largest absolute Gasteiger partial charge is 0.378 e. The second-order valence-electron chi connectivity index (χ2n) is 5.97. The fourth-order valence-corrected chi connectivity index (χ4v) is 2.86. The van der Waals surface area contributed by atoms with Crippen molar-refractivity contribution in [1.82, 2.24) is 9.80 Å². The van der Waals surface area contributed by atoms with Crippen molar-refractivity contribution in [3.63, 3.8) is 0 Å². The van der Waals surface area contributed by atoms with Crippen molar-refractivity contribution >= 4 is 5.91 Å². The molecule has 2 fully saturated rings. The van der Waals surface area contributed by atoms with Crippen LogP contribution in [0.3, 0.4) is 0 Å². The highest BCUT2D eigenvalue weighted by Gasteiger charge is 2.29. The van der Waals surface area contributed by atoms with Gasteiger partial charge in [0.1, 0.15) is 0 Å². The molecule has 0 spiro atoms. The molecule has 2 rings (SSSR count). The minimum absolute atomic E-state index is 0.218. The van der Waals surface area contributed by atoms with E-state index >= 15 is 0 Å². The Balaban J connectivity index is 1.66. The van der Waals surface area contributed by atoms with E-state index in [9.17, 15) is 4.79 Å². The van der Waals surface area contributed by atoms with Crippen molar-refractivity contribution in [3.8, 4) is 0 Å². The van der Waals surface area contributed by atoms with E-state index in [0.29, 0.717) is 25.2 Å². The van der Waals surface area contributed by atoms with Crippen molar-refractivity contribution in [1.29, 1.82) is 0 Å². The molecule has 0 saturated carbocycles.